The van der Waals surface area contributed by atoms with E-state index in [1.165, 1.54) is 11.0 Å². The highest BCUT2D eigenvalue weighted by molar-refractivity contribution is 6.05. The summed E-state index contributed by atoms with van der Waals surface area (Å²) in [5.41, 5.74) is 2.08. The Labute approximate surface area is 108 Å². The van der Waals surface area contributed by atoms with Crippen molar-refractivity contribution in [3.05, 3.63) is 35.7 Å². The van der Waals surface area contributed by atoms with Crippen molar-refractivity contribution in [1.29, 1.82) is 0 Å². The second-order valence-electron chi connectivity index (χ2n) is 4.26. The average molecular weight is 257 g/mol. The maximum Gasteiger partial charge on any atom is 0.258 e. The highest BCUT2D eigenvalue weighted by Crippen LogP contribution is 2.24. The van der Waals surface area contributed by atoms with Gasteiger partial charge in [0.2, 0.25) is 11.9 Å². The largest absolute Gasteiger partial charge is 0.326 e. The molecule has 2 N–H and O–H groups in total. The van der Waals surface area contributed by atoms with Crippen molar-refractivity contribution >= 4 is 23.5 Å². The SMILES string of the molecule is Cn1ncnc1NC(=O)c1ccc2c(c1)CC(=O)N2. The summed E-state index contributed by atoms with van der Waals surface area (Å²) >= 11 is 0. The number of benzene rings is 1. The van der Waals surface area contributed by atoms with Gasteiger partial charge >= 0.3 is 0 Å². The number of aromatic nitrogens is 3. The molecule has 0 saturated carbocycles. The molecule has 0 spiro atoms. The van der Waals surface area contributed by atoms with Gasteiger partial charge in [0.15, 0.2) is 0 Å². The Kier molecular flexibility index (Phi) is 2.52. The van der Waals surface area contributed by atoms with E-state index in [0.717, 1.165) is 11.3 Å². The van der Waals surface area contributed by atoms with Crippen LogP contribution >= 0.6 is 0 Å². The summed E-state index contributed by atoms with van der Waals surface area (Å²) in [4.78, 5) is 27.2. The van der Waals surface area contributed by atoms with Gasteiger partial charge in [0.1, 0.15) is 6.33 Å². The van der Waals surface area contributed by atoms with Gasteiger partial charge in [0.05, 0.1) is 6.42 Å². The molecule has 1 aliphatic heterocycles. The van der Waals surface area contributed by atoms with Crippen LogP contribution in [0.15, 0.2) is 24.5 Å². The van der Waals surface area contributed by atoms with Crippen LogP contribution in [0, 0.1) is 0 Å². The van der Waals surface area contributed by atoms with Crippen molar-refractivity contribution in [2.24, 2.45) is 7.05 Å². The molecule has 3 rings (SSSR count). The molecule has 0 fully saturated rings. The number of rotatable bonds is 2. The highest BCUT2D eigenvalue weighted by atomic mass is 16.2. The van der Waals surface area contributed by atoms with Gasteiger partial charge in [-0.25, -0.2) is 4.68 Å². The van der Waals surface area contributed by atoms with E-state index in [1.807, 2.05) is 0 Å². The summed E-state index contributed by atoms with van der Waals surface area (Å²) in [6.07, 6.45) is 1.67. The minimum atomic E-state index is -0.279. The molecule has 2 heterocycles. The molecule has 0 saturated heterocycles. The molecule has 1 aliphatic rings. The lowest BCUT2D eigenvalue weighted by atomic mass is 10.1. The quantitative estimate of drug-likeness (QED) is 0.822. The van der Waals surface area contributed by atoms with Crippen molar-refractivity contribution in [2.75, 3.05) is 10.6 Å². The van der Waals surface area contributed by atoms with Gasteiger partial charge in [0.25, 0.3) is 5.91 Å². The molecular formula is C12H11N5O2. The predicted octanol–water partition coefficient (Wildman–Crippen LogP) is 0.562. The molecule has 1 aromatic heterocycles. The van der Waals surface area contributed by atoms with Crippen LogP contribution in [-0.4, -0.2) is 26.6 Å². The number of aryl methyl sites for hydroxylation is 1. The lowest BCUT2D eigenvalue weighted by Gasteiger charge is -2.05. The third-order valence-corrected chi connectivity index (χ3v) is 2.93. The molecular weight excluding hydrogens is 246 g/mol. The normalized spacial score (nSPS) is 13.0. The lowest BCUT2D eigenvalue weighted by molar-refractivity contribution is -0.115. The zero-order valence-corrected chi connectivity index (χ0v) is 10.2. The summed E-state index contributed by atoms with van der Waals surface area (Å²) in [6, 6.07) is 5.10. The Morgan fingerprint density at radius 3 is 3.05 bits per heavy atom. The van der Waals surface area contributed by atoms with Gasteiger partial charge in [-0.2, -0.15) is 10.1 Å². The van der Waals surface area contributed by atoms with Gasteiger partial charge in [0, 0.05) is 18.3 Å². The number of hydrogen-bond donors (Lipinski definition) is 2. The monoisotopic (exact) mass is 257 g/mol. The van der Waals surface area contributed by atoms with Crippen molar-refractivity contribution in [1.82, 2.24) is 14.8 Å². The Hall–Kier alpha value is -2.70. The molecule has 2 aromatic rings. The summed E-state index contributed by atoms with van der Waals surface area (Å²) in [5.74, 6) is 0.0406. The van der Waals surface area contributed by atoms with Gasteiger partial charge in [-0.3, -0.25) is 14.9 Å². The summed E-state index contributed by atoms with van der Waals surface area (Å²) in [7, 11) is 1.69. The van der Waals surface area contributed by atoms with Crippen molar-refractivity contribution in [3.63, 3.8) is 0 Å². The molecule has 96 valence electrons. The number of amides is 2. The molecule has 0 unspecified atom stereocenters. The third kappa shape index (κ3) is 2.05. The highest BCUT2D eigenvalue weighted by Gasteiger charge is 2.19. The number of nitrogens with zero attached hydrogens (tertiary/aromatic N) is 3. The molecule has 1 aromatic carbocycles. The van der Waals surface area contributed by atoms with E-state index in [0.29, 0.717) is 17.9 Å². The second-order valence-corrected chi connectivity index (χ2v) is 4.26. The number of fused-ring (bicyclic) bond motifs is 1. The van der Waals surface area contributed by atoms with Crippen LogP contribution in [0.25, 0.3) is 0 Å². The molecule has 0 atom stereocenters. The molecule has 19 heavy (non-hydrogen) atoms. The van der Waals surface area contributed by atoms with Crippen LogP contribution < -0.4 is 10.6 Å². The van der Waals surface area contributed by atoms with Crippen LogP contribution in [0.3, 0.4) is 0 Å². The number of nitrogens with one attached hydrogen (secondary N) is 2. The van der Waals surface area contributed by atoms with E-state index < -0.39 is 0 Å². The molecule has 0 radical (unpaired) electrons. The fraction of sp³-hybridized carbons (Fsp3) is 0.167. The van der Waals surface area contributed by atoms with Gasteiger partial charge < -0.3 is 5.32 Å². The second kappa shape index (κ2) is 4.20. The summed E-state index contributed by atoms with van der Waals surface area (Å²) < 4.78 is 1.47. The van der Waals surface area contributed by atoms with Crippen molar-refractivity contribution in [3.8, 4) is 0 Å². The first kappa shape index (κ1) is 11.4. The third-order valence-electron chi connectivity index (χ3n) is 2.93. The fourth-order valence-corrected chi connectivity index (χ4v) is 1.95. The van der Waals surface area contributed by atoms with Gasteiger partial charge in [-0.05, 0) is 23.8 Å². The smallest absolute Gasteiger partial charge is 0.258 e. The number of carbonyl (C=O) groups excluding carboxylic acids is 2. The predicted molar refractivity (Wildman–Crippen MR) is 67.7 cm³/mol. The molecule has 7 nitrogen and oxygen atoms in total. The standard InChI is InChI=1S/C12H11N5O2/c1-17-12(13-6-14-17)16-11(19)7-2-3-9-8(4-7)5-10(18)15-9/h2-4,6H,5H2,1H3,(H,15,18)(H,13,14,16,19). The summed E-state index contributed by atoms with van der Waals surface area (Å²) in [6.45, 7) is 0. The minimum Gasteiger partial charge on any atom is -0.326 e. The van der Waals surface area contributed by atoms with E-state index in [2.05, 4.69) is 20.7 Å². The number of hydrogen-bond acceptors (Lipinski definition) is 4. The van der Waals surface area contributed by atoms with Crippen molar-refractivity contribution < 1.29 is 9.59 Å². The Morgan fingerprint density at radius 2 is 2.32 bits per heavy atom. The molecule has 0 bridgehead atoms. The van der Waals surface area contributed by atoms with E-state index in [-0.39, 0.29) is 11.8 Å². The minimum absolute atomic E-state index is 0.0548. The Balaban J connectivity index is 1.83. The first-order chi connectivity index (χ1) is 9.13. The maximum absolute atomic E-state index is 12.0. The molecule has 0 aliphatic carbocycles. The van der Waals surface area contributed by atoms with Crippen molar-refractivity contribution in [2.45, 2.75) is 6.42 Å². The zero-order chi connectivity index (χ0) is 13.4. The Bertz CT molecular complexity index is 677. The van der Waals surface area contributed by atoms with E-state index in [4.69, 9.17) is 0 Å². The van der Waals surface area contributed by atoms with Crippen LogP contribution in [0.1, 0.15) is 15.9 Å². The maximum atomic E-state index is 12.0. The zero-order valence-electron chi connectivity index (χ0n) is 10.2. The first-order valence-corrected chi connectivity index (χ1v) is 5.71. The number of anilines is 2. The fourth-order valence-electron chi connectivity index (χ4n) is 1.95. The van der Waals surface area contributed by atoms with Gasteiger partial charge in [-0.15, -0.1) is 0 Å². The van der Waals surface area contributed by atoms with E-state index in [1.54, 1.807) is 25.2 Å². The Morgan fingerprint density at radius 1 is 1.47 bits per heavy atom. The number of carbonyl (C=O) groups is 2. The first-order valence-electron chi connectivity index (χ1n) is 5.71. The topological polar surface area (TPSA) is 88.9 Å². The van der Waals surface area contributed by atoms with Crippen LogP contribution in [-0.2, 0) is 18.3 Å². The van der Waals surface area contributed by atoms with Gasteiger partial charge in [-0.1, -0.05) is 0 Å². The van der Waals surface area contributed by atoms with Crippen LogP contribution in [0.2, 0.25) is 0 Å². The lowest BCUT2D eigenvalue weighted by Crippen LogP contribution is -2.15. The van der Waals surface area contributed by atoms with E-state index >= 15 is 0 Å². The molecule has 2 amide bonds. The van der Waals surface area contributed by atoms with Crippen LogP contribution in [0.5, 0.6) is 0 Å². The summed E-state index contributed by atoms with van der Waals surface area (Å²) in [5, 5.41) is 9.24. The average Bonchev–Trinajstić information content (AvgIpc) is 2.93. The van der Waals surface area contributed by atoms with Crippen LogP contribution in [0.4, 0.5) is 11.6 Å². The van der Waals surface area contributed by atoms with E-state index in [9.17, 15) is 9.59 Å². The molecule has 7 heteroatoms.